The number of nitrogens with zero attached hydrogens (tertiary/aromatic N) is 2. The van der Waals surface area contributed by atoms with Crippen LogP contribution in [0.3, 0.4) is 0 Å². The summed E-state index contributed by atoms with van der Waals surface area (Å²) in [7, 11) is 5.01. The summed E-state index contributed by atoms with van der Waals surface area (Å²) in [6, 6.07) is 5.27. The Morgan fingerprint density at radius 3 is 2.88 bits per heavy atom. The fourth-order valence-corrected chi connectivity index (χ4v) is 2.91. The molecule has 1 aliphatic heterocycles. The summed E-state index contributed by atoms with van der Waals surface area (Å²) in [5, 5.41) is 13.5. The Morgan fingerprint density at radius 1 is 1.32 bits per heavy atom. The van der Waals surface area contributed by atoms with Crippen LogP contribution in [0.4, 0.5) is 10.6 Å². The summed E-state index contributed by atoms with van der Waals surface area (Å²) in [5.74, 6) is 2.02. The molecule has 0 unspecified atom stereocenters. The van der Waals surface area contributed by atoms with E-state index in [4.69, 9.17) is 9.47 Å². The fraction of sp³-hybridized carbons (Fsp3) is 0.412. The summed E-state index contributed by atoms with van der Waals surface area (Å²) < 4.78 is 12.2. The number of rotatable bonds is 5. The zero-order chi connectivity index (χ0) is 17.8. The average Bonchev–Trinajstić information content (AvgIpc) is 2.95. The van der Waals surface area contributed by atoms with Gasteiger partial charge in [-0.05, 0) is 17.7 Å². The molecule has 8 heteroatoms. The molecule has 0 atom stereocenters. The van der Waals surface area contributed by atoms with E-state index in [1.165, 1.54) is 0 Å². The molecule has 1 aromatic carbocycles. The van der Waals surface area contributed by atoms with E-state index in [0.29, 0.717) is 24.6 Å². The van der Waals surface area contributed by atoms with Crippen molar-refractivity contribution in [2.24, 2.45) is 7.05 Å². The first-order valence-electron chi connectivity index (χ1n) is 8.13. The van der Waals surface area contributed by atoms with Gasteiger partial charge in [-0.15, -0.1) is 0 Å². The van der Waals surface area contributed by atoms with Gasteiger partial charge in [-0.2, -0.15) is 5.10 Å². The number of carbonyl (C=O) groups excluding carboxylic acids is 1. The summed E-state index contributed by atoms with van der Waals surface area (Å²) >= 11 is 0. The summed E-state index contributed by atoms with van der Waals surface area (Å²) in [4.78, 5) is 12.3. The molecule has 1 aliphatic rings. The van der Waals surface area contributed by atoms with E-state index in [2.05, 4.69) is 21.0 Å². The summed E-state index contributed by atoms with van der Waals surface area (Å²) in [6.07, 6.45) is 0.873. The molecule has 0 radical (unpaired) electrons. The Hall–Kier alpha value is -2.74. The van der Waals surface area contributed by atoms with E-state index >= 15 is 0 Å². The minimum atomic E-state index is -0.272. The number of benzene rings is 1. The predicted octanol–water partition coefficient (Wildman–Crippen LogP) is 1.40. The molecule has 2 heterocycles. The molecule has 0 aliphatic carbocycles. The van der Waals surface area contributed by atoms with Crippen molar-refractivity contribution in [1.82, 2.24) is 20.4 Å². The quantitative estimate of drug-likeness (QED) is 0.762. The Labute approximate surface area is 146 Å². The standard InChI is InChI=1S/C17H23N5O3/c1-22-16(12-10-18-7-6-13(12)21-22)20-17(23)19-9-11-4-5-14(24-2)15(8-11)25-3/h4-5,8,18H,6-7,9-10H2,1-3H3,(H2,19,20,23). The molecule has 0 fully saturated rings. The molecule has 0 saturated carbocycles. The number of urea groups is 1. The van der Waals surface area contributed by atoms with Crippen molar-refractivity contribution < 1.29 is 14.3 Å². The summed E-state index contributed by atoms with van der Waals surface area (Å²) in [5.41, 5.74) is 3.01. The van der Waals surface area contributed by atoms with Crippen LogP contribution in [-0.2, 0) is 26.6 Å². The first-order chi connectivity index (χ1) is 12.1. The highest BCUT2D eigenvalue weighted by molar-refractivity contribution is 5.89. The van der Waals surface area contributed by atoms with Gasteiger partial charge in [0, 0.05) is 38.7 Å². The van der Waals surface area contributed by atoms with Gasteiger partial charge in [0.05, 0.1) is 19.9 Å². The first kappa shape index (κ1) is 17.1. The maximum atomic E-state index is 12.3. The monoisotopic (exact) mass is 345 g/mol. The number of aromatic nitrogens is 2. The highest BCUT2D eigenvalue weighted by Crippen LogP contribution is 2.27. The molecule has 1 aromatic heterocycles. The summed E-state index contributed by atoms with van der Waals surface area (Å²) in [6.45, 7) is 2.01. The SMILES string of the molecule is COc1ccc(CNC(=O)Nc2c3c(nn2C)CCNC3)cc1OC. The molecule has 25 heavy (non-hydrogen) atoms. The van der Waals surface area contributed by atoms with E-state index in [1.54, 1.807) is 18.9 Å². The molecule has 8 nitrogen and oxygen atoms in total. The molecule has 0 spiro atoms. The van der Waals surface area contributed by atoms with Gasteiger partial charge in [-0.3, -0.25) is 10.00 Å². The number of ether oxygens (including phenoxy) is 2. The third kappa shape index (κ3) is 3.69. The number of hydrogen-bond donors (Lipinski definition) is 3. The van der Waals surface area contributed by atoms with Crippen LogP contribution in [0, 0.1) is 0 Å². The molecule has 3 N–H and O–H groups in total. The van der Waals surface area contributed by atoms with Crippen molar-refractivity contribution in [3.63, 3.8) is 0 Å². The molecule has 3 rings (SSSR count). The molecular weight excluding hydrogens is 322 g/mol. The topological polar surface area (TPSA) is 89.4 Å². The molecule has 134 valence electrons. The molecule has 0 saturated heterocycles. The van der Waals surface area contributed by atoms with Crippen LogP contribution in [0.25, 0.3) is 0 Å². The van der Waals surface area contributed by atoms with Crippen LogP contribution in [0.5, 0.6) is 11.5 Å². The molecule has 2 aromatic rings. The van der Waals surface area contributed by atoms with Crippen molar-refractivity contribution in [3.05, 3.63) is 35.0 Å². The van der Waals surface area contributed by atoms with Gasteiger partial charge < -0.3 is 20.1 Å². The molecule has 2 amide bonds. The van der Waals surface area contributed by atoms with Crippen LogP contribution in [0.1, 0.15) is 16.8 Å². The van der Waals surface area contributed by atoms with Gasteiger partial charge in [0.15, 0.2) is 11.5 Å². The molecule has 0 bridgehead atoms. The Kier molecular flexibility index (Phi) is 5.08. The van der Waals surface area contributed by atoms with Gasteiger partial charge >= 0.3 is 6.03 Å². The normalized spacial score (nSPS) is 13.1. The van der Waals surface area contributed by atoms with Crippen LogP contribution in [-0.4, -0.2) is 36.6 Å². The van der Waals surface area contributed by atoms with Crippen LogP contribution >= 0.6 is 0 Å². The van der Waals surface area contributed by atoms with Gasteiger partial charge in [0.25, 0.3) is 0 Å². The number of aryl methyl sites for hydroxylation is 1. The fourth-order valence-electron chi connectivity index (χ4n) is 2.91. The van der Waals surface area contributed by atoms with E-state index in [9.17, 15) is 4.79 Å². The van der Waals surface area contributed by atoms with Gasteiger partial charge in [0.1, 0.15) is 5.82 Å². The van der Waals surface area contributed by atoms with E-state index < -0.39 is 0 Å². The molecular formula is C17H23N5O3. The van der Waals surface area contributed by atoms with E-state index in [0.717, 1.165) is 35.6 Å². The number of hydrogen-bond acceptors (Lipinski definition) is 5. The van der Waals surface area contributed by atoms with Crippen molar-refractivity contribution in [2.45, 2.75) is 19.5 Å². The minimum Gasteiger partial charge on any atom is -0.493 e. The van der Waals surface area contributed by atoms with Crippen molar-refractivity contribution in [2.75, 3.05) is 26.1 Å². The third-order valence-electron chi connectivity index (χ3n) is 4.20. The third-order valence-corrected chi connectivity index (χ3v) is 4.20. The maximum absolute atomic E-state index is 12.3. The van der Waals surface area contributed by atoms with Gasteiger partial charge in [0.2, 0.25) is 0 Å². The number of amides is 2. The number of methoxy groups -OCH3 is 2. The van der Waals surface area contributed by atoms with Crippen molar-refractivity contribution in [1.29, 1.82) is 0 Å². The highest BCUT2D eigenvalue weighted by atomic mass is 16.5. The minimum absolute atomic E-state index is 0.272. The maximum Gasteiger partial charge on any atom is 0.320 e. The second kappa shape index (κ2) is 7.43. The van der Waals surface area contributed by atoms with Crippen LogP contribution in [0.15, 0.2) is 18.2 Å². The second-order valence-corrected chi connectivity index (χ2v) is 5.82. The Bertz CT molecular complexity index is 772. The highest BCUT2D eigenvalue weighted by Gasteiger charge is 2.20. The lowest BCUT2D eigenvalue weighted by molar-refractivity contribution is 0.251. The van der Waals surface area contributed by atoms with E-state index in [-0.39, 0.29) is 6.03 Å². The average molecular weight is 345 g/mol. The number of carbonyl (C=O) groups is 1. The largest absolute Gasteiger partial charge is 0.493 e. The number of nitrogens with one attached hydrogen (secondary N) is 3. The lowest BCUT2D eigenvalue weighted by Gasteiger charge is -2.14. The Morgan fingerprint density at radius 2 is 2.12 bits per heavy atom. The smallest absolute Gasteiger partial charge is 0.320 e. The zero-order valence-electron chi connectivity index (χ0n) is 14.7. The van der Waals surface area contributed by atoms with Gasteiger partial charge in [-0.25, -0.2) is 4.79 Å². The lowest BCUT2D eigenvalue weighted by Crippen LogP contribution is -2.30. The Balaban J connectivity index is 1.63. The lowest BCUT2D eigenvalue weighted by atomic mass is 10.1. The number of anilines is 1. The second-order valence-electron chi connectivity index (χ2n) is 5.82. The first-order valence-corrected chi connectivity index (χ1v) is 8.13. The zero-order valence-corrected chi connectivity index (χ0v) is 14.7. The van der Waals surface area contributed by atoms with Crippen LogP contribution < -0.4 is 25.4 Å². The predicted molar refractivity (Wildman–Crippen MR) is 94.0 cm³/mol. The number of fused-ring (bicyclic) bond motifs is 1. The van der Waals surface area contributed by atoms with E-state index in [1.807, 2.05) is 25.2 Å². The van der Waals surface area contributed by atoms with Crippen molar-refractivity contribution >= 4 is 11.8 Å². The van der Waals surface area contributed by atoms with Crippen molar-refractivity contribution in [3.8, 4) is 11.5 Å². The van der Waals surface area contributed by atoms with Crippen LogP contribution in [0.2, 0.25) is 0 Å². The van der Waals surface area contributed by atoms with Gasteiger partial charge in [-0.1, -0.05) is 6.07 Å².